The molecule has 2 aromatic rings. The number of nitrogens with one attached hydrogen (secondary N) is 2. The van der Waals surface area contributed by atoms with Gasteiger partial charge >= 0.3 is 0 Å². The number of carbonyl (C=O) groups excluding carboxylic acids is 1. The Hall–Kier alpha value is -2.76. The number of aromatic nitrogens is 2. The molecule has 1 amide bonds. The van der Waals surface area contributed by atoms with Crippen LogP contribution in [0.3, 0.4) is 0 Å². The molecule has 0 radical (unpaired) electrons. The third-order valence-electron chi connectivity index (χ3n) is 3.33. The van der Waals surface area contributed by atoms with Crippen molar-refractivity contribution in [3.05, 3.63) is 24.0 Å². The molecule has 0 spiro atoms. The Balaban J connectivity index is 2.47. The molecule has 0 aliphatic rings. The van der Waals surface area contributed by atoms with Gasteiger partial charge < -0.3 is 20.8 Å². The van der Waals surface area contributed by atoms with Gasteiger partial charge in [-0.15, -0.1) is 0 Å². The summed E-state index contributed by atoms with van der Waals surface area (Å²) in [4.78, 5) is 18.9. The first kappa shape index (κ1) is 16.6. The number of fused-ring (bicyclic) bond motifs is 1. The monoisotopic (exact) mass is 315 g/mol. The van der Waals surface area contributed by atoms with Gasteiger partial charge in [-0.05, 0) is 25.0 Å². The smallest absolute Gasteiger partial charge is 0.212 e. The highest BCUT2D eigenvalue weighted by Crippen LogP contribution is 2.25. The predicted molar refractivity (Wildman–Crippen MR) is 84.8 cm³/mol. The minimum Gasteiger partial charge on any atom is -0.396 e. The van der Waals surface area contributed by atoms with E-state index >= 15 is 0 Å². The van der Waals surface area contributed by atoms with Crippen LogP contribution in [-0.4, -0.2) is 45.8 Å². The molecule has 0 aliphatic carbocycles. The van der Waals surface area contributed by atoms with Gasteiger partial charge in [0.15, 0.2) is 0 Å². The van der Waals surface area contributed by atoms with Crippen LogP contribution < -0.4 is 10.6 Å². The van der Waals surface area contributed by atoms with Crippen LogP contribution >= 0.6 is 0 Å². The summed E-state index contributed by atoms with van der Waals surface area (Å²) in [5.74, 6) is 0.810. The van der Waals surface area contributed by atoms with Crippen molar-refractivity contribution in [3.8, 4) is 6.07 Å². The Morgan fingerprint density at radius 3 is 2.65 bits per heavy atom. The van der Waals surface area contributed by atoms with Crippen molar-refractivity contribution in [3.63, 3.8) is 0 Å². The maximum absolute atomic E-state index is 10.6. The number of rotatable bonds is 8. The van der Waals surface area contributed by atoms with E-state index in [1.165, 1.54) is 0 Å². The zero-order valence-corrected chi connectivity index (χ0v) is 12.4. The molecule has 8 heteroatoms. The van der Waals surface area contributed by atoms with Crippen LogP contribution in [0, 0.1) is 11.3 Å². The number of nitriles is 1. The number of hydrogen-bond acceptors (Lipinski definition) is 7. The van der Waals surface area contributed by atoms with Gasteiger partial charge in [-0.25, -0.2) is 9.97 Å². The van der Waals surface area contributed by atoms with Crippen LogP contribution in [0.1, 0.15) is 18.5 Å². The van der Waals surface area contributed by atoms with Crippen LogP contribution in [0.2, 0.25) is 0 Å². The summed E-state index contributed by atoms with van der Waals surface area (Å²) in [6.07, 6.45) is 2.94. The zero-order valence-electron chi connectivity index (χ0n) is 12.4. The van der Waals surface area contributed by atoms with Crippen LogP contribution in [-0.2, 0) is 4.79 Å². The minimum absolute atomic E-state index is 0.0347. The van der Waals surface area contributed by atoms with Gasteiger partial charge in [0.25, 0.3) is 0 Å². The Kier molecular flexibility index (Phi) is 5.80. The van der Waals surface area contributed by atoms with Crippen LogP contribution in [0.15, 0.2) is 18.3 Å². The summed E-state index contributed by atoms with van der Waals surface area (Å²) in [7, 11) is 0. The van der Waals surface area contributed by atoms with E-state index in [-0.39, 0.29) is 24.9 Å². The lowest BCUT2D eigenvalue weighted by Gasteiger charge is -2.19. The molecule has 0 fully saturated rings. The molecule has 23 heavy (non-hydrogen) atoms. The molecule has 0 aliphatic heterocycles. The minimum atomic E-state index is -0.190. The first-order chi connectivity index (χ1) is 11.2. The Labute approximate surface area is 132 Å². The number of amides is 1. The maximum Gasteiger partial charge on any atom is 0.212 e. The van der Waals surface area contributed by atoms with Gasteiger partial charge in [-0.2, -0.15) is 5.26 Å². The molecule has 0 saturated carbocycles. The van der Waals surface area contributed by atoms with Gasteiger partial charge in [0.05, 0.1) is 0 Å². The highest BCUT2D eigenvalue weighted by Gasteiger charge is 2.13. The maximum atomic E-state index is 10.6. The summed E-state index contributed by atoms with van der Waals surface area (Å²) in [6, 6.07) is 5.05. The molecule has 0 bridgehead atoms. The molecule has 2 rings (SSSR count). The summed E-state index contributed by atoms with van der Waals surface area (Å²) >= 11 is 0. The normalized spacial score (nSPS) is 10.5. The van der Waals surface area contributed by atoms with Crippen molar-refractivity contribution in [1.29, 1.82) is 5.26 Å². The van der Waals surface area contributed by atoms with Crippen molar-refractivity contribution >= 4 is 28.8 Å². The molecule has 120 valence electrons. The number of aliphatic hydroxyl groups is 2. The van der Waals surface area contributed by atoms with E-state index in [9.17, 15) is 4.79 Å². The molecular formula is C15H17N5O3. The lowest BCUT2D eigenvalue weighted by Crippen LogP contribution is -2.23. The summed E-state index contributed by atoms with van der Waals surface area (Å²) in [6.45, 7) is -0.0694. The number of aliphatic hydroxyl groups excluding tert-OH is 2. The summed E-state index contributed by atoms with van der Waals surface area (Å²) < 4.78 is 0. The molecule has 0 atom stereocenters. The van der Waals surface area contributed by atoms with E-state index in [0.29, 0.717) is 41.7 Å². The van der Waals surface area contributed by atoms with Crippen molar-refractivity contribution < 1.29 is 15.0 Å². The SMILES string of the molecule is N#Cc1cc2cnc(NC=O)cc2c(NC(CCO)CCO)n1. The summed E-state index contributed by atoms with van der Waals surface area (Å²) in [5.41, 5.74) is 0.227. The van der Waals surface area contributed by atoms with Crippen molar-refractivity contribution in [2.24, 2.45) is 0 Å². The third kappa shape index (κ3) is 4.12. The molecule has 4 N–H and O–H groups in total. The van der Waals surface area contributed by atoms with Crippen molar-refractivity contribution in [1.82, 2.24) is 9.97 Å². The standard InChI is InChI=1S/C15H17N5O3/c16-7-12-5-10-8-17-14(18-9-23)6-13(10)15(20-12)19-11(1-3-21)2-4-22/h5-6,8-9,11,21-22H,1-4H2,(H,19,20)(H,17,18,23). The molecule has 2 heterocycles. The number of carbonyl (C=O) groups is 1. The Morgan fingerprint density at radius 2 is 2.04 bits per heavy atom. The van der Waals surface area contributed by atoms with Crippen molar-refractivity contribution in [2.45, 2.75) is 18.9 Å². The van der Waals surface area contributed by atoms with Crippen LogP contribution in [0.25, 0.3) is 10.8 Å². The molecular weight excluding hydrogens is 298 g/mol. The number of nitrogens with zero attached hydrogens (tertiary/aromatic N) is 3. The molecule has 0 saturated heterocycles. The highest BCUT2D eigenvalue weighted by molar-refractivity contribution is 5.94. The number of pyridine rings is 2. The first-order valence-electron chi connectivity index (χ1n) is 7.11. The average Bonchev–Trinajstić information content (AvgIpc) is 2.55. The van der Waals surface area contributed by atoms with Gasteiger partial charge in [0.2, 0.25) is 6.41 Å². The summed E-state index contributed by atoms with van der Waals surface area (Å²) in [5, 5.41) is 34.3. The van der Waals surface area contributed by atoms with Crippen molar-refractivity contribution in [2.75, 3.05) is 23.8 Å². The predicted octanol–water partition coefficient (Wildman–Crippen LogP) is 0.615. The third-order valence-corrected chi connectivity index (χ3v) is 3.33. The topological polar surface area (TPSA) is 131 Å². The lowest BCUT2D eigenvalue weighted by atomic mass is 10.1. The fourth-order valence-corrected chi connectivity index (χ4v) is 2.25. The number of anilines is 2. The van der Waals surface area contributed by atoms with E-state index in [4.69, 9.17) is 15.5 Å². The van der Waals surface area contributed by atoms with Crippen LogP contribution in [0.5, 0.6) is 0 Å². The van der Waals surface area contributed by atoms with Gasteiger partial charge in [-0.3, -0.25) is 4.79 Å². The van der Waals surface area contributed by atoms with E-state index in [1.807, 2.05) is 6.07 Å². The first-order valence-corrected chi connectivity index (χ1v) is 7.11. The van der Waals surface area contributed by atoms with Gasteiger partial charge in [-0.1, -0.05) is 0 Å². The molecule has 0 aromatic carbocycles. The number of hydrogen-bond donors (Lipinski definition) is 4. The molecule has 0 unspecified atom stereocenters. The zero-order chi connectivity index (χ0) is 16.7. The average molecular weight is 315 g/mol. The second kappa shape index (κ2) is 8.03. The lowest BCUT2D eigenvalue weighted by molar-refractivity contribution is -0.105. The molecule has 2 aromatic heterocycles. The largest absolute Gasteiger partial charge is 0.396 e. The van der Waals surface area contributed by atoms with E-state index < -0.39 is 0 Å². The second-order valence-electron chi connectivity index (χ2n) is 4.89. The molecule has 8 nitrogen and oxygen atoms in total. The Bertz CT molecular complexity index is 723. The quantitative estimate of drug-likeness (QED) is 0.525. The Morgan fingerprint density at radius 1 is 1.30 bits per heavy atom. The van der Waals surface area contributed by atoms with E-state index in [0.717, 1.165) is 0 Å². The fraction of sp³-hybridized carbons (Fsp3) is 0.333. The van der Waals surface area contributed by atoms with Crippen LogP contribution in [0.4, 0.5) is 11.6 Å². The van der Waals surface area contributed by atoms with Gasteiger partial charge in [0.1, 0.15) is 23.4 Å². The highest BCUT2D eigenvalue weighted by atomic mass is 16.3. The van der Waals surface area contributed by atoms with E-state index in [2.05, 4.69) is 20.6 Å². The van der Waals surface area contributed by atoms with E-state index in [1.54, 1.807) is 18.3 Å². The fourth-order valence-electron chi connectivity index (χ4n) is 2.25. The van der Waals surface area contributed by atoms with Gasteiger partial charge in [0, 0.05) is 36.2 Å². The second-order valence-corrected chi connectivity index (χ2v) is 4.89.